The summed E-state index contributed by atoms with van der Waals surface area (Å²) in [5.41, 5.74) is 1.95. The number of hydrogen-bond acceptors (Lipinski definition) is 8. The fourth-order valence-electron chi connectivity index (χ4n) is 5.09. The molecule has 0 saturated carbocycles. The summed E-state index contributed by atoms with van der Waals surface area (Å²) in [7, 11) is -18.7. The van der Waals surface area contributed by atoms with Crippen LogP contribution in [0.5, 0.6) is 0 Å². The van der Waals surface area contributed by atoms with Crippen molar-refractivity contribution < 1.29 is 33.7 Å². The van der Waals surface area contributed by atoms with Gasteiger partial charge < -0.3 is 0 Å². The lowest BCUT2D eigenvalue weighted by molar-refractivity contribution is 0.479. The number of unbranched alkanes of at least 4 members (excludes halogenated alkanes) is 5. The Morgan fingerprint density at radius 1 is 0.408 bits per heavy atom. The third kappa shape index (κ3) is 8.61. The second kappa shape index (κ2) is 15.5. The summed E-state index contributed by atoms with van der Waals surface area (Å²) in [6.45, 7) is 7.06. The molecular weight excluding hydrogens is 705 g/mol. The first kappa shape index (κ1) is 38.2. The SMILES string of the molecule is CCCCCCCCN(S(=O)(=O)c1ccc(C)cc1)S(=O)(=O)c1ccc(N(S(=O)(=O)c2ccc(C)cc2)S(=O)(=O)c2ccc(C)cc2)cc1. The van der Waals surface area contributed by atoms with Gasteiger partial charge in [0, 0.05) is 6.54 Å². The largest absolute Gasteiger partial charge is 0.277 e. The van der Waals surface area contributed by atoms with Crippen LogP contribution in [0.2, 0.25) is 0 Å². The molecule has 0 radical (unpaired) electrons. The number of anilines is 1. The Balaban J connectivity index is 1.79. The zero-order valence-corrected chi connectivity index (χ0v) is 31.2. The average molecular weight is 747 g/mol. The average Bonchev–Trinajstić information content (AvgIpc) is 3.05. The molecule has 0 fully saturated rings. The molecule has 0 bridgehead atoms. The predicted molar refractivity (Wildman–Crippen MR) is 191 cm³/mol. The van der Waals surface area contributed by atoms with E-state index in [1.54, 1.807) is 32.9 Å². The summed E-state index contributed by atoms with van der Waals surface area (Å²) in [5.74, 6) is 0. The second-order valence-corrected chi connectivity index (χ2v) is 19.7. The first-order chi connectivity index (χ1) is 23.0. The molecule has 0 aromatic heterocycles. The minimum Gasteiger partial charge on any atom is -0.206 e. The van der Waals surface area contributed by atoms with Crippen molar-refractivity contribution in [3.8, 4) is 0 Å². The normalized spacial score (nSPS) is 12.7. The fraction of sp³-hybridized carbons (Fsp3) is 0.314. The van der Waals surface area contributed by atoms with E-state index in [2.05, 4.69) is 6.92 Å². The quantitative estimate of drug-likeness (QED) is 0.112. The highest BCUT2D eigenvalue weighted by Gasteiger charge is 2.39. The summed E-state index contributed by atoms with van der Waals surface area (Å²) in [6, 6.07) is 21.3. The smallest absolute Gasteiger partial charge is 0.206 e. The van der Waals surface area contributed by atoms with Gasteiger partial charge in [-0.3, -0.25) is 0 Å². The summed E-state index contributed by atoms with van der Waals surface area (Å²) < 4.78 is 112. The molecule has 0 aliphatic rings. The van der Waals surface area contributed by atoms with Crippen LogP contribution < -0.4 is 3.71 Å². The molecule has 264 valence electrons. The van der Waals surface area contributed by atoms with Crippen LogP contribution >= 0.6 is 0 Å². The maximum atomic E-state index is 14.1. The third-order valence-corrected chi connectivity index (χ3v) is 16.5. The molecule has 4 aromatic carbocycles. The highest BCUT2D eigenvalue weighted by molar-refractivity contribution is 8.10. The van der Waals surface area contributed by atoms with Crippen LogP contribution in [0.4, 0.5) is 5.69 Å². The Labute approximate surface area is 291 Å². The number of aryl methyl sites for hydroxylation is 3. The fourth-order valence-corrected chi connectivity index (χ4v) is 12.5. The molecule has 0 aliphatic carbocycles. The number of sulfonamides is 4. The second-order valence-electron chi connectivity index (χ2n) is 11.9. The van der Waals surface area contributed by atoms with Crippen molar-refractivity contribution in [2.45, 2.75) is 85.8 Å². The van der Waals surface area contributed by atoms with Gasteiger partial charge in [-0.15, -0.1) is 0 Å². The standard InChI is InChI=1S/C35H42N2O8S4/c1-5-6-7-8-9-10-27-36(46(38,39)32-19-11-28(2)12-20-32)47(40,41)33-25-17-31(18-26-33)37(48(42,43)34-21-13-29(3)14-22-34)49(44,45)35-23-15-30(4)16-24-35/h11-26H,5-10,27H2,1-4H3. The highest BCUT2D eigenvalue weighted by Crippen LogP contribution is 2.33. The van der Waals surface area contributed by atoms with Gasteiger partial charge in [-0.2, -0.15) is 3.71 Å². The van der Waals surface area contributed by atoms with E-state index in [0.717, 1.165) is 66.6 Å². The van der Waals surface area contributed by atoms with Crippen molar-refractivity contribution in [3.63, 3.8) is 0 Å². The summed E-state index contributed by atoms with van der Waals surface area (Å²) in [4.78, 5) is -1.22. The molecular formula is C35H42N2O8S4. The van der Waals surface area contributed by atoms with E-state index in [1.165, 1.54) is 60.7 Å². The molecule has 0 atom stereocenters. The van der Waals surface area contributed by atoms with Crippen molar-refractivity contribution in [2.24, 2.45) is 0 Å². The van der Waals surface area contributed by atoms with E-state index in [-0.39, 0.29) is 30.6 Å². The van der Waals surface area contributed by atoms with Crippen LogP contribution in [0.25, 0.3) is 0 Å². The van der Waals surface area contributed by atoms with Crippen LogP contribution in [0, 0.1) is 20.8 Å². The molecule has 0 amide bonds. The Kier molecular flexibility index (Phi) is 12.1. The maximum absolute atomic E-state index is 14.1. The van der Waals surface area contributed by atoms with Gasteiger partial charge in [-0.1, -0.05) is 95.8 Å². The lowest BCUT2D eigenvalue weighted by Gasteiger charge is -2.25. The van der Waals surface area contributed by atoms with Crippen LogP contribution in [-0.2, 0) is 40.1 Å². The first-order valence-electron chi connectivity index (χ1n) is 15.9. The number of nitrogens with zero attached hydrogens (tertiary/aromatic N) is 2. The van der Waals surface area contributed by atoms with E-state index in [4.69, 9.17) is 0 Å². The maximum Gasteiger partial charge on any atom is 0.277 e. The van der Waals surface area contributed by atoms with Crippen molar-refractivity contribution in [1.29, 1.82) is 0 Å². The van der Waals surface area contributed by atoms with Gasteiger partial charge >= 0.3 is 0 Å². The summed E-state index contributed by atoms with van der Waals surface area (Å²) >= 11 is 0. The van der Waals surface area contributed by atoms with E-state index < -0.39 is 45.0 Å². The molecule has 0 spiro atoms. The zero-order chi connectivity index (χ0) is 36.0. The third-order valence-electron chi connectivity index (χ3n) is 7.97. The minimum absolute atomic E-state index is 0.191. The number of hydrogen-bond donors (Lipinski definition) is 0. The topological polar surface area (TPSA) is 143 Å². The van der Waals surface area contributed by atoms with Crippen LogP contribution in [0.1, 0.15) is 62.1 Å². The Morgan fingerprint density at radius 2 is 0.714 bits per heavy atom. The van der Waals surface area contributed by atoms with Crippen molar-refractivity contribution in [1.82, 2.24) is 3.71 Å². The van der Waals surface area contributed by atoms with E-state index >= 15 is 0 Å². The summed E-state index contributed by atoms with van der Waals surface area (Å²) in [6.07, 6.45) is 4.73. The van der Waals surface area contributed by atoms with Crippen molar-refractivity contribution in [2.75, 3.05) is 10.3 Å². The lowest BCUT2D eigenvalue weighted by atomic mass is 10.1. The highest BCUT2D eigenvalue weighted by atomic mass is 32.3. The van der Waals surface area contributed by atoms with Gasteiger partial charge in [0.05, 0.1) is 25.3 Å². The van der Waals surface area contributed by atoms with Gasteiger partial charge in [-0.05, 0) is 87.9 Å². The predicted octanol–water partition coefficient (Wildman–Crippen LogP) is 6.94. The molecule has 0 unspecified atom stereocenters. The van der Waals surface area contributed by atoms with Crippen LogP contribution in [-0.4, -0.2) is 43.9 Å². The summed E-state index contributed by atoms with van der Waals surface area (Å²) in [5, 5.41) is 0. The monoisotopic (exact) mass is 746 g/mol. The van der Waals surface area contributed by atoms with Crippen molar-refractivity contribution >= 4 is 45.8 Å². The van der Waals surface area contributed by atoms with E-state index in [9.17, 15) is 33.7 Å². The van der Waals surface area contributed by atoms with E-state index in [0.29, 0.717) is 16.6 Å². The Bertz CT molecular complexity index is 2090. The van der Waals surface area contributed by atoms with Crippen LogP contribution in [0.3, 0.4) is 0 Å². The van der Waals surface area contributed by atoms with Crippen molar-refractivity contribution in [3.05, 3.63) is 114 Å². The zero-order valence-electron chi connectivity index (χ0n) is 28.0. The molecule has 14 heteroatoms. The molecule has 10 nitrogen and oxygen atoms in total. The molecule has 0 aliphatic heterocycles. The van der Waals surface area contributed by atoms with Gasteiger partial charge in [0.25, 0.3) is 40.1 Å². The van der Waals surface area contributed by atoms with Gasteiger partial charge in [-0.25, -0.2) is 33.7 Å². The van der Waals surface area contributed by atoms with Gasteiger partial charge in [0.2, 0.25) is 0 Å². The minimum atomic E-state index is -4.75. The molecule has 49 heavy (non-hydrogen) atoms. The van der Waals surface area contributed by atoms with Gasteiger partial charge in [0.1, 0.15) is 0 Å². The number of rotatable bonds is 16. The first-order valence-corrected chi connectivity index (χ1v) is 21.7. The van der Waals surface area contributed by atoms with E-state index in [1.807, 2.05) is 0 Å². The Morgan fingerprint density at radius 3 is 1.08 bits per heavy atom. The Hall–Kier alpha value is -3.56. The number of benzene rings is 4. The molecule has 4 aromatic rings. The lowest BCUT2D eigenvalue weighted by Crippen LogP contribution is -2.38. The van der Waals surface area contributed by atoms with Crippen LogP contribution in [0.15, 0.2) is 117 Å². The molecule has 0 heterocycles. The molecule has 0 N–H and O–H groups in total. The molecule has 0 saturated heterocycles. The molecule has 4 rings (SSSR count). The van der Waals surface area contributed by atoms with Gasteiger partial charge in [0.15, 0.2) is 0 Å².